The van der Waals surface area contributed by atoms with Gasteiger partial charge >= 0.3 is 0 Å². The van der Waals surface area contributed by atoms with E-state index in [-0.39, 0.29) is 18.4 Å². The summed E-state index contributed by atoms with van der Waals surface area (Å²) in [4.78, 5) is 42.2. The topological polar surface area (TPSA) is 108 Å². The number of anilines is 1. The number of aliphatic hydroxyl groups excluding tert-OH is 1. The second-order valence-corrected chi connectivity index (χ2v) is 9.78. The Labute approximate surface area is 199 Å². The molecular weight excluding hydrogens is 446 g/mol. The van der Waals surface area contributed by atoms with Crippen LogP contribution in [0.3, 0.4) is 0 Å². The normalized spacial score (nSPS) is 33.2. The number of halogens is 1. The number of aliphatic hydroxyl groups is 1. The van der Waals surface area contributed by atoms with E-state index in [4.69, 9.17) is 16.3 Å². The average Bonchev–Trinajstić information content (AvgIpc) is 3.42. The van der Waals surface area contributed by atoms with Gasteiger partial charge in [-0.25, -0.2) is 0 Å². The van der Waals surface area contributed by atoms with Crippen molar-refractivity contribution in [3.63, 3.8) is 0 Å². The van der Waals surface area contributed by atoms with Gasteiger partial charge in [0.15, 0.2) is 0 Å². The first-order valence-corrected chi connectivity index (χ1v) is 12.1. The Morgan fingerprint density at radius 1 is 1.27 bits per heavy atom. The molecule has 180 valence electrons. The van der Waals surface area contributed by atoms with E-state index in [9.17, 15) is 19.5 Å². The highest BCUT2D eigenvalue weighted by Gasteiger charge is 2.78. The predicted molar refractivity (Wildman–Crippen MR) is 124 cm³/mol. The summed E-state index contributed by atoms with van der Waals surface area (Å²) in [6.45, 7) is 5.82. The van der Waals surface area contributed by atoms with Crippen LogP contribution in [0.5, 0.6) is 0 Å². The Bertz CT molecular complexity index is 958. The van der Waals surface area contributed by atoms with E-state index < -0.39 is 41.0 Å². The number of ether oxygens (including phenoxy) is 1. The smallest absolute Gasteiger partial charge is 0.250 e. The van der Waals surface area contributed by atoms with Gasteiger partial charge in [0.2, 0.25) is 17.7 Å². The lowest BCUT2D eigenvalue weighted by atomic mass is 9.65. The first-order valence-electron chi connectivity index (χ1n) is 11.7. The molecule has 3 saturated heterocycles. The predicted octanol–water partition coefficient (Wildman–Crippen LogP) is 2.34. The molecule has 0 aliphatic carbocycles. The summed E-state index contributed by atoms with van der Waals surface area (Å²) >= 11 is 6.26. The standard InChI is InChI=1S/C24H32ClN3O5/c1-4-12-26-20(30)17-18-22(32)28(14(3)13-29)19(24(18)11-10-23(17,5-2)33-24)21(31)27-16-9-7-6-8-15(16)25/h6-9,14,17-19,29H,4-5,10-13H2,1-3H3,(H,26,30)(H,27,31)/t14-,17-,18+,19?,23+,24?/m1/s1. The number of hydrogen-bond acceptors (Lipinski definition) is 5. The fourth-order valence-corrected chi connectivity index (χ4v) is 6.22. The summed E-state index contributed by atoms with van der Waals surface area (Å²) in [6.07, 6.45) is 2.43. The van der Waals surface area contributed by atoms with Crippen molar-refractivity contribution in [1.29, 1.82) is 0 Å². The zero-order valence-electron chi connectivity index (χ0n) is 19.3. The van der Waals surface area contributed by atoms with Crippen molar-refractivity contribution in [1.82, 2.24) is 10.2 Å². The number of nitrogens with one attached hydrogen (secondary N) is 2. The first-order chi connectivity index (χ1) is 15.8. The minimum absolute atomic E-state index is 0.206. The van der Waals surface area contributed by atoms with E-state index in [1.54, 1.807) is 31.2 Å². The molecule has 3 N–H and O–H groups in total. The highest BCUT2D eigenvalue weighted by molar-refractivity contribution is 6.33. The lowest BCUT2D eigenvalue weighted by Gasteiger charge is -2.36. The van der Waals surface area contributed by atoms with Crippen molar-refractivity contribution in [3.8, 4) is 0 Å². The summed E-state index contributed by atoms with van der Waals surface area (Å²) in [7, 11) is 0. The number of carbonyl (C=O) groups excluding carboxylic acids is 3. The molecule has 3 aliphatic rings. The second-order valence-electron chi connectivity index (χ2n) is 9.37. The molecule has 33 heavy (non-hydrogen) atoms. The molecule has 3 amide bonds. The Hall–Kier alpha value is -2.16. The van der Waals surface area contributed by atoms with E-state index >= 15 is 0 Å². The molecule has 3 fully saturated rings. The molecule has 8 nitrogen and oxygen atoms in total. The quantitative estimate of drug-likeness (QED) is 0.532. The van der Waals surface area contributed by atoms with Gasteiger partial charge in [-0.1, -0.05) is 37.6 Å². The van der Waals surface area contributed by atoms with E-state index in [0.717, 1.165) is 6.42 Å². The van der Waals surface area contributed by atoms with Gasteiger partial charge in [-0.2, -0.15) is 0 Å². The number of carbonyl (C=O) groups is 3. The van der Waals surface area contributed by atoms with Gasteiger partial charge < -0.3 is 25.4 Å². The third-order valence-electron chi connectivity index (χ3n) is 7.57. The van der Waals surface area contributed by atoms with Crippen LogP contribution in [0, 0.1) is 11.8 Å². The lowest BCUT2D eigenvalue weighted by molar-refractivity contribution is -0.148. The van der Waals surface area contributed by atoms with E-state index in [1.165, 1.54) is 4.90 Å². The molecule has 1 aromatic carbocycles. The largest absolute Gasteiger partial charge is 0.394 e. The van der Waals surface area contributed by atoms with Crippen LogP contribution < -0.4 is 10.6 Å². The maximum atomic E-state index is 13.8. The van der Waals surface area contributed by atoms with Crippen LogP contribution in [0.25, 0.3) is 0 Å². The molecular formula is C24H32ClN3O5. The van der Waals surface area contributed by atoms with Gasteiger partial charge in [0.25, 0.3) is 0 Å². The lowest BCUT2D eigenvalue weighted by Crippen LogP contribution is -2.55. The van der Waals surface area contributed by atoms with Crippen LogP contribution >= 0.6 is 11.6 Å². The van der Waals surface area contributed by atoms with Crippen molar-refractivity contribution in [3.05, 3.63) is 29.3 Å². The fourth-order valence-electron chi connectivity index (χ4n) is 6.04. The van der Waals surface area contributed by atoms with Crippen molar-refractivity contribution in [2.45, 2.75) is 69.7 Å². The van der Waals surface area contributed by atoms with Crippen LogP contribution in [-0.4, -0.2) is 64.2 Å². The minimum atomic E-state index is -1.13. The zero-order chi connectivity index (χ0) is 24.0. The number of hydrogen-bond donors (Lipinski definition) is 3. The first kappa shape index (κ1) is 24.0. The SMILES string of the molecule is CCCNC(=O)[C@H]1[C@H]2C(=O)N([C@H](C)CO)C(C(=O)Nc3ccccc3Cl)C23CC[C@]1(CC)O3. The molecule has 6 atom stereocenters. The Kier molecular flexibility index (Phi) is 6.46. The molecule has 0 aromatic heterocycles. The third kappa shape index (κ3) is 3.54. The molecule has 2 bridgehead atoms. The molecule has 4 rings (SSSR count). The van der Waals surface area contributed by atoms with Gasteiger partial charge in [-0.3, -0.25) is 14.4 Å². The Morgan fingerprint density at radius 3 is 2.64 bits per heavy atom. The molecule has 1 spiro atoms. The zero-order valence-corrected chi connectivity index (χ0v) is 20.0. The number of likely N-dealkylation sites (tertiary alicyclic amines) is 1. The van der Waals surface area contributed by atoms with Crippen molar-refractivity contribution in [2.24, 2.45) is 11.8 Å². The summed E-state index contributed by atoms with van der Waals surface area (Å²) in [5.41, 5.74) is -1.48. The van der Waals surface area contributed by atoms with Crippen LogP contribution in [0.15, 0.2) is 24.3 Å². The van der Waals surface area contributed by atoms with Crippen LogP contribution in [0.1, 0.15) is 46.5 Å². The average molecular weight is 478 g/mol. The van der Waals surface area contributed by atoms with Gasteiger partial charge in [0.1, 0.15) is 11.6 Å². The van der Waals surface area contributed by atoms with Gasteiger partial charge in [-0.15, -0.1) is 0 Å². The highest BCUT2D eigenvalue weighted by atomic mass is 35.5. The highest BCUT2D eigenvalue weighted by Crippen LogP contribution is 2.64. The maximum Gasteiger partial charge on any atom is 0.250 e. The molecule has 3 aliphatic heterocycles. The third-order valence-corrected chi connectivity index (χ3v) is 7.90. The number of para-hydroxylation sites is 1. The summed E-state index contributed by atoms with van der Waals surface area (Å²) in [6, 6.07) is 5.29. The number of amides is 3. The molecule has 1 aromatic rings. The molecule has 3 heterocycles. The number of fused-ring (bicyclic) bond motifs is 1. The maximum absolute atomic E-state index is 13.8. The van der Waals surface area contributed by atoms with Crippen LogP contribution in [0.4, 0.5) is 5.69 Å². The summed E-state index contributed by atoms with van der Waals surface area (Å²) in [5, 5.41) is 16.1. The fraction of sp³-hybridized carbons (Fsp3) is 0.625. The van der Waals surface area contributed by atoms with Crippen molar-refractivity contribution >= 4 is 35.0 Å². The van der Waals surface area contributed by atoms with Crippen LogP contribution in [-0.2, 0) is 19.1 Å². The van der Waals surface area contributed by atoms with E-state index in [1.807, 2.05) is 13.8 Å². The number of rotatable bonds is 8. The number of nitrogens with zero attached hydrogens (tertiary/aromatic N) is 1. The monoisotopic (exact) mass is 477 g/mol. The van der Waals surface area contributed by atoms with Gasteiger partial charge in [0.05, 0.1) is 40.8 Å². The van der Waals surface area contributed by atoms with Gasteiger partial charge in [-0.05, 0) is 44.7 Å². The van der Waals surface area contributed by atoms with E-state index in [2.05, 4.69) is 10.6 Å². The summed E-state index contributed by atoms with van der Waals surface area (Å²) < 4.78 is 6.63. The number of benzene rings is 1. The molecule has 2 unspecified atom stereocenters. The minimum Gasteiger partial charge on any atom is -0.394 e. The summed E-state index contributed by atoms with van der Waals surface area (Å²) in [5.74, 6) is -2.41. The molecule has 9 heteroatoms. The van der Waals surface area contributed by atoms with Crippen molar-refractivity contribution in [2.75, 3.05) is 18.5 Å². The van der Waals surface area contributed by atoms with Gasteiger partial charge in [0, 0.05) is 6.54 Å². The Morgan fingerprint density at radius 2 is 2.00 bits per heavy atom. The Balaban J connectivity index is 1.76. The molecule has 0 saturated carbocycles. The van der Waals surface area contributed by atoms with Crippen molar-refractivity contribution < 1.29 is 24.2 Å². The van der Waals surface area contributed by atoms with E-state index in [0.29, 0.717) is 36.5 Å². The van der Waals surface area contributed by atoms with Crippen LogP contribution in [0.2, 0.25) is 5.02 Å². The molecule has 0 radical (unpaired) electrons. The second kappa shape index (κ2) is 8.89.